The van der Waals surface area contributed by atoms with Crippen LogP contribution in [0.4, 0.5) is 5.82 Å². The summed E-state index contributed by atoms with van der Waals surface area (Å²) in [4.78, 5) is 23.2. The number of nitrogens with zero attached hydrogens (tertiary/aromatic N) is 3. The number of hydrogen-bond acceptors (Lipinski definition) is 5. The van der Waals surface area contributed by atoms with Crippen LogP contribution in [0.15, 0.2) is 63.9 Å². The van der Waals surface area contributed by atoms with Gasteiger partial charge in [0.25, 0.3) is 0 Å². The quantitative estimate of drug-likeness (QED) is 0.648. The fourth-order valence-corrected chi connectivity index (χ4v) is 3.68. The topological polar surface area (TPSA) is 71.3 Å². The molecule has 28 heavy (non-hydrogen) atoms. The van der Waals surface area contributed by atoms with Crippen LogP contribution in [0.3, 0.4) is 0 Å². The summed E-state index contributed by atoms with van der Waals surface area (Å²) in [5, 5.41) is 3.01. The molecule has 1 amide bonds. The summed E-state index contributed by atoms with van der Waals surface area (Å²) in [6.07, 6.45) is 6.92. The number of piperidine rings is 1. The smallest absolute Gasteiger partial charge is 0.225 e. The predicted molar refractivity (Wildman–Crippen MR) is 111 cm³/mol. The van der Waals surface area contributed by atoms with Crippen LogP contribution in [0, 0.1) is 5.92 Å². The van der Waals surface area contributed by atoms with Crippen LogP contribution in [0.25, 0.3) is 11.3 Å². The van der Waals surface area contributed by atoms with Crippen LogP contribution in [0.2, 0.25) is 0 Å². The van der Waals surface area contributed by atoms with Gasteiger partial charge < -0.3 is 14.6 Å². The van der Waals surface area contributed by atoms with Crippen LogP contribution in [0.5, 0.6) is 0 Å². The molecule has 3 aromatic rings. The molecule has 2 aromatic heterocycles. The Kier molecular flexibility index (Phi) is 5.71. The lowest BCUT2D eigenvalue weighted by atomic mass is 9.97. The van der Waals surface area contributed by atoms with Crippen LogP contribution in [-0.4, -0.2) is 29.0 Å². The number of carbonyl (C=O) groups is 1. The molecule has 4 rings (SSSR count). The van der Waals surface area contributed by atoms with E-state index in [0.717, 1.165) is 46.8 Å². The first kappa shape index (κ1) is 18.7. The highest BCUT2D eigenvalue weighted by Crippen LogP contribution is 2.24. The van der Waals surface area contributed by atoms with Gasteiger partial charge in [0.05, 0.1) is 18.7 Å². The molecule has 3 heterocycles. The summed E-state index contributed by atoms with van der Waals surface area (Å²) in [5.41, 5.74) is 1.01. The van der Waals surface area contributed by atoms with Crippen molar-refractivity contribution in [3.05, 3.63) is 65.2 Å². The van der Waals surface area contributed by atoms with E-state index in [-0.39, 0.29) is 11.8 Å². The number of hydrogen-bond donors (Lipinski definition) is 1. The molecule has 1 N–H and O–H groups in total. The Bertz CT molecular complexity index is 927. The minimum absolute atomic E-state index is 0.0511. The molecule has 0 spiro atoms. The molecule has 1 aliphatic rings. The van der Waals surface area contributed by atoms with Gasteiger partial charge in [-0.2, -0.15) is 0 Å². The second-order valence-electron chi connectivity index (χ2n) is 6.84. The lowest BCUT2D eigenvalue weighted by molar-refractivity contribution is -0.125. The number of amides is 1. The Morgan fingerprint density at radius 1 is 1.21 bits per heavy atom. The van der Waals surface area contributed by atoms with E-state index in [9.17, 15) is 4.79 Å². The van der Waals surface area contributed by atoms with Crippen LogP contribution >= 0.6 is 15.9 Å². The van der Waals surface area contributed by atoms with Crippen molar-refractivity contribution >= 4 is 27.7 Å². The molecule has 6 nitrogen and oxygen atoms in total. The van der Waals surface area contributed by atoms with E-state index in [1.165, 1.54) is 0 Å². The van der Waals surface area contributed by atoms with Gasteiger partial charge in [-0.15, -0.1) is 0 Å². The zero-order chi connectivity index (χ0) is 19.3. The van der Waals surface area contributed by atoms with Gasteiger partial charge in [0.15, 0.2) is 0 Å². The van der Waals surface area contributed by atoms with Crippen LogP contribution < -0.4 is 10.2 Å². The third-order valence-electron chi connectivity index (χ3n) is 4.89. The zero-order valence-corrected chi connectivity index (χ0v) is 16.9. The normalized spacial score (nSPS) is 16.8. The van der Waals surface area contributed by atoms with Crippen molar-refractivity contribution in [1.82, 2.24) is 15.3 Å². The predicted octanol–water partition coefficient (Wildman–Crippen LogP) is 4.03. The first-order chi connectivity index (χ1) is 13.7. The van der Waals surface area contributed by atoms with Crippen molar-refractivity contribution < 1.29 is 9.21 Å². The van der Waals surface area contributed by atoms with Crippen molar-refractivity contribution in [3.8, 4) is 11.3 Å². The highest BCUT2D eigenvalue weighted by atomic mass is 79.9. The van der Waals surface area contributed by atoms with Crippen molar-refractivity contribution in [2.45, 2.75) is 19.4 Å². The SMILES string of the molecule is O=C(NCc1ccc(-c2ccc(Br)cc2)o1)C1CCCN(c2cnccn2)C1. The summed E-state index contributed by atoms with van der Waals surface area (Å²) in [6.45, 7) is 1.95. The molecule has 1 atom stereocenters. The van der Waals surface area contributed by atoms with E-state index in [1.807, 2.05) is 36.4 Å². The summed E-state index contributed by atoms with van der Waals surface area (Å²) in [7, 11) is 0. The number of anilines is 1. The standard InChI is InChI=1S/C21H21BrN4O2/c22-17-5-3-15(4-6-17)19-8-7-18(28-19)12-25-21(27)16-2-1-11-26(14-16)20-13-23-9-10-24-20/h3-10,13,16H,1-2,11-12,14H2,(H,25,27). The average Bonchev–Trinajstić information content (AvgIpc) is 3.22. The van der Waals surface area contributed by atoms with Gasteiger partial charge >= 0.3 is 0 Å². The van der Waals surface area contributed by atoms with Crippen molar-refractivity contribution in [2.24, 2.45) is 5.92 Å². The van der Waals surface area contributed by atoms with Crippen LogP contribution in [-0.2, 0) is 11.3 Å². The van der Waals surface area contributed by atoms with Gasteiger partial charge in [0.1, 0.15) is 17.3 Å². The van der Waals surface area contributed by atoms with Gasteiger partial charge in [-0.3, -0.25) is 9.78 Å². The number of halogens is 1. The lowest BCUT2D eigenvalue weighted by Gasteiger charge is -2.32. The maximum absolute atomic E-state index is 12.6. The molecule has 0 aliphatic carbocycles. The molecule has 1 saturated heterocycles. The Balaban J connectivity index is 1.33. The van der Waals surface area contributed by atoms with Gasteiger partial charge in [0.2, 0.25) is 5.91 Å². The lowest BCUT2D eigenvalue weighted by Crippen LogP contribution is -2.43. The minimum atomic E-state index is -0.0586. The molecule has 1 unspecified atom stereocenters. The molecule has 1 aliphatic heterocycles. The maximum Gasteiger partial charge on any atom is 0.225 e. The van der Waals surface area contributed by atoms with Crippen LogP contribution in [0.1, 0.15) is 18.6 Å². The third kappa shape index (κ3) is 4.42. The van der Waals surface area contributed by atoms with E-state index in [0.29, 0.717) is 13.1 Å². The highest BCUT2D eigenvalue weighted by Gasteiger charge is 2.26. The Morgan fingerprint density at radius 3 is 2.86 bits per heavy atom. The van der Waals surface area contributed by atoms with Gasteiger partial charge in [-0.25, -0.2) is 4.98 Å². The summed E-state index contributed by atoms with van der Waals surface area (Å²) in [6, 6.07) is 11.8. The molecular formula is C21H21BrN4O2. The molecule has 0 saturated carbocycles. The van der Waals surface area contributed by atoms with Crippen molar-refractivity contribution in [2.75, 3.05) is 18.0 Å². The molecule has 0 radical (unpaired) electrons. The maximum atomic E-state index is 12.6. The Labute approximate surface area is 172 Å². The number of nitrogens with one attached hydrogen (secondary N) is 1. The van der Waals surface area contributed by atoms with Gasteiger partial charge in [-0.1, -0.05) is 28.1 Å². The average molecular weight is 441 g/mol. The van der Waals surface area contributed by atoms with Gasteiger partial charge in [0, 0.05) is 35.5 Å². The van der Waals surface area contributed by atoms with E-state index < -0.39 is 0 Å². The van der Waals surface area contributed by atoms with Gasteiger partial charge in [-0.05, 0) is 37.1 Å². The fourth-order valence-electron chi connectivity index (χ4n) is 3.41. The fraction of sp³-hybridized carbons (Fsp3) is 0.286. The minimum Gasteiger partial charge on any atom is -0.459 e. The molecule has 1 aromatic carbocycles. The second kappa shape index (κ2) is 8.56. The number of aromatic nitrogens is 2. The molecule has 1 fully saturated rings. The molecule has 7 heteroatoms. The van der Waals surface area contributed by atoms with E-state index in [4.69, 9.17) is 4.42 Å². The number of furan rings is 1. The zero-order valence-electron chi connectivity index (χ0n) is 15.3. The monoisotopic (exact) mass is 440 g/mol. The summed E-state index contributed by atoms with van der Waals surface area (Å²) in [5.74, 6) is 2.35. The third-order valence-corrected chi connectivity index (χ3v) is 5.42. The summed E-state index contributed by atoms with van der Waals surface area (Å²) >= 11 is 3.43. The molecular weight excluding hydrogens is 420 g/mol. The van der Waals surface area contributed by atoms with Crippen molar-refractivity contribution in [3.63, 3.8) is 0 Å². The summed E-state index contributed by atoms with van der Waals surface area (Å²) < 4.78 is 6.91. The van der Waals surface area contributed by atoms with E-state index >= 15 is 0 Å². The number of carbonyl (C=O) groups excluding carboxylic acids is 1. The number of rotatable bonds is 5. The van der Waals surface area contributed by atoms with E-state index in [2.05, 4.69) is 36.1 Å². The molecule has 0 bridgehead atoms. The first-order valence-corrected chi connectivity index (χ1v) is 10.1. The highest BCUT2D eigenvalue weighted by molar-refractivity contribution is 9.10. The largest absolute Gasteiger partial charge is 0.459 e. The second-order valence-corrected chi connectivity index (χ2v) is 7.76. The van der Waals surface area contributed by atoms with Crippen molar-refractivity contribution in [1.29, 1.82) is 0 Å². The first-order valence-electron chi connectivity index (χ1n) is 9.32. The Hall–Kier alpha value is -2.67. The Morgan fingerprint density at radius 2 is 2.07 bits per heavy atom. The van der Waals surface area contributed by atoms with E-state index in [1.54, 1.807) is 18.6 Å². The number of benzene rings is 1. The molecule has 144 valence electrons.